The fourth-order valence-electron chi connectivity index (χ4n) is 3.80. The van der Waals surface area contributed by atoms with Crippen molar-refractivity contribution in [2.24, 2.45) is 17.8 Å². The van der Waals surface area contributed by atoms with Crippen molar-refractivity contribution >= 4 is 21.7 Å². The van der Waals surface area contributed by atoms with Gasteiger partial charge in [-0.2, -0.15) is 5.26 Å². The highest BCUT2D eigenvalue weighted by molar-refractivity contribution is 9.10. The normalized spacial score (nSPS) is 30.0. The number of carbonyl (C=O) groups is 1. The van der Waals surface area contributed by atoms with Crippen LogP contribution in [0.4, 0.5) is 0 Å². The van der Waals surface area contributed by atoms with Crippen LogP contribution in [0.15, 0.2) is 28.7 Å². The third-order valence-electron chi connectivity index (χ3n) is 4.73. The van der Waals surface area contributed by atoms with Crippen molar-refractivity contribution < 1.29 is 4.79 Å². The third kappa shape index (κ3) is 2.23. The van der Waals surface area contributed by atoms with Crippen LogP contribution in [0.2, 0.25) is 0 Å². The molecule has 0 radical (unpaired) electrons. The summed E-state index contributed by atoms with van der Waals surface area (Å²) in [5.41, 5.74) is 0.817. The van der Waals surface area contributed by atoms with Gasteiger partial charge in [-0.1, -0.05) is 40.5 Å². The Morgan fingerprint density at radius 1 is 1.32 bits per heavy atom. The van der Waals surface area contributed by atoms with Gasteiger partial charge in [0.15, 0.2) is 5.78 Å². The first-order valence-electron chi connectivity index (χ1n) is 6.88. The molecule has 0 spiro atoms. The van der Waals surface area contributed by atoms with Crippen LogP contribution in [0, 0.1) is 29.1 Å². The second-order valence-corrected chi connectivity index (χ2v) is 6.62. The van der Waals surface area contributed by atoms with Gasteiger partial charge in [0.05, 0.1) is 6.07 Å². The molecule has 2 aliphatic carbocycles. The van der Waals surface area contributed by atoms with Gasteiger partial charge in [-0.25, -0.2) is 0 Å². The van der Waals surface area contributed by atoms with Crippen molar-refractivity contribution in [3.63, 3.8) is 0 Å². The second-order valence-electron chi connectivity index (χ2n) is 5.77. The van der Waals surface area contributed by atoms with Crippen molar-refractivity contribution in [1.29, 1.82) is 5.26 Å². The first-order valence-corrected chi connectivity index (χ1v) is 7.67. The second kappa shape index (κ2) is 5.09. The molecule has 3 rings (SSSR count). The predicted molar refractivity (Wildman–Crippen MR) is 76.4 cm³/mol. The zero-order chi connectivity index (χ0) is 13.4. The zero-order valence-electron chi connectivity index (χ0n) is 10.7. The number of carbonyl (C=O) groups excluding carboxylic acids is 1. The molecule has 0 aromatic heterocycles. The summed E-state index contributed by atoms with van der Waals surface area (Å²) in [4.78, 5) is 12.7. The molecule has 2 fully saturated rings. The smallest absolute Gasteiger partial charge is 0.157 e. The molecule has 1 aromatic rings. The number of hydrogen-bond donors (Lipinski definition) is 0. The van der Waals surface area contributed by atoms with Crippen molar-refractivity contribution in [3.05, 3.63) is 34.3 Å². The van der Waals surface area contributed by atoms with E-state index in [1.165, 1.54) is 19.3 Å². The fraction of sp³-hybridized carbons (Fsp3) is 0.500. The molecule has 0 saturated heterocycles. The minimum absolute atomic E-state index is 0.121. The molecule has 4 atom stereocenters. The van der Waals surface area contributed by atoms with E-state index in [-0.39, 0.29) is 11.7 Å². The summed E-state index contributed by atoms with van der Waals surface area (Å²) in [6.45, 7) is 0. The van der Waals surface area contributed by atoms with E-state index >= 15 is 0 Å². The SMILES string of the molecule is N#CC(C(=O)C1CC2CCC1C2)c1ccccc1Br. The van der Waals surface area contributed by atoms with E-state index in [2.05, 4.69) is 22.0 Å². The molecule has 2 aliphatic rings. The number of halogens is 1. The maximum absolute atomic E-state index is 12.7. The van der Waals surface area contributed by atoms with Crippen LogP contribution >= 0.6 is 15.9 Å². The lowest BCUT2D eigenvalue weighted by atomic mass is 9.79. The van der Waals surface area contributed by atoms with Gasteiger partial charge in [-0.15, -0.1) is 0 Å². The Kier molecular flexibility index (Phi) is 3.45. The van der Waals surface area contributed by atoms with E-state index in [0.717, 1.165) is 22.4 Å². The zero-order valence-corrected chi connectivity index (χ0v) is 12.3. The highest BCUT2D eigenvalue weighted by Gasteiger charge is 2.45. The Morgan fingerprint density at radius 3 is 2.68 bits per heavy atom. The van der Waals surface area contributed by atoms with E-state index in [0.29, 0.717) is 5.92 Å². The van der Waals surface area contributed by atoms with Crippen LogP contribution in [0.5, 0.6) is 0 Å². The predicted octanol–water partition coefficient (Wildman–Crippen LogP) is 4.06. The number of rotatable bonds is 3. The van der Waals surface area contributed by atoms with Crippen LogP contribution < -0.4 is 0 Å². The van der Waals surface area contributed by atoms with Gasteiger partial charge < -0.3 is 0 Å². The molecule has 4 unspecified atom stereocenters. The van der Waals surface area contributed by atoms with Crippen LogP contribution in [-0.4, -0.2) is 5.78 Å². The molecule has 0 aliphatic heterocycles. The van der Waals surface area contributed by atoms with Crippen molar-refractivity contribution in [1.82, 2.24) is 0 Å². The van der Waals surface area contributed by atoms with Gasteiger partial charge in [0, 0.05) is 10.4 Å². The Bertz CT molecular complexity index is 548. The Morgan fingerprint density at radius 2 is 2.11 bits per heavy atom. The maximum Gasteiger partial charge on any atom is 0.157 e. The fourth-order valence-corrected chi connectivity index (χ4v) is 4.32. The van der Waals surface area contributed by atoms with E-state index in [1.807, 2.05) is 24.3 Å². The third-order valence-corrected chi connectivity index (χ3v) is 5.46. The number of nitriles is 1. The quantitative estimate of drug-likeness (QED) is 0.843. The lowest BCUT2D eigenvalue weighted by Crippen LogP contribution is -2.26. The average molecular weight is 318 g/mol. The average Bonchev–Trinajstić information content (AvgIpc) is 3.04. The van der Waals surface area contributed by atoms with E-state index in [4.69, 9.17) is 0 Å². The Balaban J connectivity index is 1.86. The molecule has 98 valence electrons. The van der Waals surface area contributed by atoms with Crippen molar-refractivity contribution in [2.45, 2.75) is 31.6 Å². The molecule has 19 heavy (non-hydrogen) atoms. The summed E-state index contributed by atoms with van der Waals surface area (Å²) in [6.07, 6.45) is 4.66. The lowest BCUT2D eigenvalue weighted by Gasteiger charge is -2.23. The largest absolute Gasteiger partial charge is 0.298 e. The van der Waals surface area contributed by atoms with Crippen LogP contribution in [-0.2, 0) is 4.79 Å². The summed E-state index contributed by atoms with van der Waals surface area (Å²) in [5.74, 6) is 0.922. The summed E-state index contributed by atoms with van der Waals surface area (Å²) < 4.78 is 0.859. The first-order chi connectivity index (χ1) is 9.20. The first kappa shape index (κ1) is 12.9. The summed E-state index contributed by atoms with van der Waals surface area (Å²) >= 11 is 3.45. The number of ketones is 1. The summed E-state index contributed by atoms with van der Waals surface area (Å²) in [5, 5.41) is 9.41. The van der Waals surface area contributed by atoms with Gasteiger partial charge in [0.1, 0.15) is 5.92 Å². The molecular formula is C16H16BrNO. The maximum atomic E-state index is 12.7. The highest BCUT2D eigenvalue weighted by atomic mass is 79.9. The Labute approximate surface area is 121 Å². The van der Waals surface area contributed by atoms with Crippen LogP contribution in [0.3, 0.4) is 0 Å². The molecule has 2 bridgehead atoms. The summed E-state index contributed by atoms with van der Waals surface area (Å²) in [6, 6.07) is 9.78. The topological polar surface area (TPSA) is 40.9 Å². The van der Waals surface area contributed by atoms with Gasteiger partial charge in [0.25, 0.3) is 0 Å². The van der Waals surface area contributed by atoms with E-state index < -0.39 is 5.92 Å². The number of benzene rings is 1. The van der Waals surface area contributed by atoms with E-state index in [9.17, 15) is 10.1 Å². The van der Waals surface area contributed by atoms with Gasteiger partial charge in [0.2, 0.25) is 0 Å². The van der Waals surface area contributed by atoms with Crippen LogP contribution in [0.1, 0.15) is 37.2 Å². The number of hydrogen-bond acceptors (Lipinski definition) is 2. The molecule has 0 heterocycles. The van der Waals surface area contributed by atoms with Crippen molar-refractivity contribution in [2.75, 3.05) is 0 Å². The van der Waals surface area contributed by atoms with E-state index in [1.54, 1.807) is 0 Å². The van der Waals surface area contributed by atoms with Gasteiger partial charge >= 0.3 is 0 Å². The number of Topliss-reactive ketones (excluding diaryl/α,β-unsaturated/α-hetero) is 1. The number of fused-ring (bicyclic) bond motifs is 2. The van der Waals surface area contributed by atoms with Crippen LogP contribution in [0.25, 0.3) is 0 Å². The van der Waals surface area contributed by atoms with Gasteiger partial charge in [-0.3, -0.25) is 4.79 Å². The molecule has 2 nitrogen and oxygen atoms in total. The molecule has 3 heteroatoms. The van der Waals surface area contributed by atoms with Crippen molar-refractivity contribution in [3.8, 4) is 6.07 Å². The number of nitrogens with zero attached hydrogens (tertiary/aromatic N) is 1. The molecule has 0 N–H and O–H groups in total. The van der Waals surface area contributed by atoms with Gasteiger partial charge in [-0.05, 0) is 42.7 Å². The highest BCUT2D eigenvalue weighted by Crippen LogP contribution is 2.50. The molecule has 2 saturated carbocycles. The lowest BCUT2D eigenvalue weighted by molar-refractivity contribution is -0.124. The standard InChI is InChI=1S/C16H16BrNO/c17-15-4-2-1-3-12(15)14(9-18)16(19)13-8-10-5-6-11(13)7-10/h1-4,10-11,13-14H,5-8H2. The summed E-state index contributed by atoms with van der Waals surface area (Å²) in [7, 11) is 0. The minimum Gasteiger partial charge on any atom is -0.298 e. The molecular weight excluding hydrogens is 302 g/mol. The molecule has 0 amide bonds. The Hall–Kier alpha value is -1.14. The monoisotopic (exact) mass is 317 g/mol. The molecule has 1 aromatic carbocycles. The minimum atomic E-state index is -0.611.